The third-order valence-corrected chi connectivity index (χ3v) is 4.88. The number of carboxylic acid groups (broad SMARTS) is 1. The second-order valence-electron chi connectivity index (χ2n) is 7.46. The molecule has 0 aliphatic carbocycles. The van der Waals surface area contributed by atoms with Crippen molar-refractivity contribution in [2.75, 3.05) is 6.61 Å². The topological polar surface area (TPSA) is 95.9 Å². The number of carboxylic acids is 1. The molecule has 7 nitrogen and oxygen atoms in total. The number of imide groups is 1. The first-order valence-electron chi connectivity index (χ1n) is 9.57. The molecule has 158 valence electrons. The minimum atomic E-state index is -1.23. The summed E-state index contributed by atoms with van der Waals surface area (Å²) in [4.78, 5) is 36.8. The van der Waals surface area contributed by atoms with Crippen LogP contribution in [-0.4, -0.2) is 46.6 Å². The number of aliphatic carboxylic acids is 1. The van der Waals surface area contributed by atoms with Crippen LogP contribution in [-0.2, 0) is 20.9 Å². The second-order valence-corrected chi connectivity index (χ2v) is 7.46. The SMILES string of the molecule is CC(C)[C@H](C(=O)O)N1C(=O)N[C@@H](COCc2ccc(-c3cccc(F)c3)cc2)C1=O. The van der Waals surface area contributed by atoms with E-state index in [4.69, 9.17) is 4.74 Å². The lowest BCUT2D eigenvalue weighted by atomic mass is 10.0. The molecule has 0 radical (unpaired) electrons. The average Bonchev–Trinajstić information content (AvgIpc) is 2.96. The average molecular weight is 414 g/mol. The van der Waals surface area contributed by atoms with Crippen LogP contribution in [0.2, 0.25) is 0 Å². The van der Waals surface area contributed by atoms with E-state index in [1.165, 1.54) is 12.1 Å². The van der Waals surface area contributed by atoms with Crippen LogP contribution in [0.15, 0.2) is 48.5 Å². The van der Waals surface area contributed by atoms with Crippen LogP contribution in [0.5, 0.6) is 0 Å². The Kier molecular flexibility index (Phi) is 6.47. The fourth-order valence-electron chi connectivity index (χ4n) is 3.37. The summed E-state index contributed by atoms with van der Waals surface area (Å²) >= 11 is 0. The molecule has 3 amide bonds. The number of halogens is 1. The Morgan fingerprint density at radius 2 is 1.87 bits per heavy atom. The number of hydrogen-bond donors (Lipinski definition) is 2. The van der Waals surface area contributed by atoms with Crippen LogP contribution in [0, 0.1) is 11.7 Å². The molecule has 0 bridgehead atoms. The Morgan fingerprint density at radius 3 is 2.47 bits per heavy atom. The van der Waals surface area contributed by atoms with Crippen LogP contribution < -0.4 is 5.32 Å². The zero-order chi connectivity index (χ0) is 21.8. The van der Waals surface area contributed by atoms with Gasteiger partial charge in [0, 0.05) is 0 Å². The summed E-state index contributed by atoms with van der Waals surface area (Å²) in [5.74, 6) is -2.57. The van der Waals surface area contributed by atoms with E-state index in [-0.39, 0.29) is 19.0 Å². The van der Waals surface area contributed by atoms with Gasteiger partial charge in [0.15, 0.2) is 0 Å². The van der Waals surface area contributed by atoms with E-state index in [1.54, 1.807) is 19.9 Å². The maximum absolute atomic E-state index is 13.4. The predicted octanol–water partition coefficient (Wildman–Crippen LogP) is 3.04. The van der Waals surface area contributed by atoms with Gasteiger partial charge in [0.25, 0.3) is 5.91 Å². The maximum atomic E-state index is 13.4. The number of carbonyl (C=O) groups is 3. The first kappa shape index (κ1) is 21.4. The van der Waals surface area contributed by atoms with Gasteiger partial charge < -0.3 is 15.2 Å². The molecule has 2 atom stereocenters. The van der Waals surface area contributed by atoms with Gasteiger partial charge in [0.2, 0.25) is 0 Å². The van der Waals surface area contributed by atoms with Gasteiger partial charge >= 0.3 is 12.0 Å². The van der Waals surface area contributed by atoms with Crippen molar-refractivity contribution in [3.05, 3.63) is 59.9 Å². The third-order valence-electron chi connectivity index (χ3n) is 4.88. The number of hydrogen-bond acceptors (Lipinski definition) is 4. The van der Waals surface area contributed by atoms with Crippen LogP contribution in [0.25, 0.3) is 11.1 Å². The Hall–Kier alpha value is -3.26. The molecule has 2 N–H and O–H groups in total. The fraction of sp³-hybridized carbons (Fsp3) is 0.318. The number of ether oxygens (including phenoxy) is 1. The van der Waals surface area contributed by atoms with Crippen molar-refractivity contribution in [1.82, 2.24) is 10.2 Å². The van der Waals surface area contributed by atoms with E-state index in [2.05, 4.69) is 5.32 Å². The number of nitrogens with zero attached hydrogens (tertiary/aromatic N) is 1. The smallest absolute Gasteiger partial charge is 0.327 e. The second kappa shape index (κ2) is 9.04. The Morgan fingerprint density at radius 1 is 1.17 bits per heavy atom. The minimum Gasteiger partial charge on any atom is -0.480 e. The molecular formula is C22H23FN2O5. The highest BCUT2D eigenvalue weighted by Crippen LogP contribution is 2.21. The van der Waals surface area contributed by atoms with Crippen molar-refractivity contribution in [2.45, 2.75) is 32.5 Å². The van der Waals surface area contributed by atoms with Crippen molar-refractivity contribution < 1.29 is 28.6 Å². The van der Waals surface area contributed by atoms with Gasteiger partial charge in [-0.2, -0.15) is 0 Å². The molecule has 1 saturated heterocycles. The number of urea groups is 1. The van der Waals surface area contributed by atoms with Gasteiger partial charge in [0.05, 0.1) is 13.2 Å². The van der Waals surface area contributed by atoms with Crippen molar-refractivity contribution in [3.63, 3.8) is 0 Å². The third kappa shape index (κ3) is 4.65. The van der Waals surface area contributed by atoms with E-state index >= 15 is 0 Å². The molecule has 30 heavy (non-hydrogen) atoms. The van der Waals surface area contributed by atoms with Gasteiger partial charge in [0.1, 0.15) is 17.9 Å². The highest BCUT2D eigenvalue weighted by molar-refractivity contribution is 6.07. The Labute approximate surface area is 173 Å². The normalized spacial score (nSPS) is 17.3. The number of rotatable bonds is 8. The fourth-order valence-corrected chi connectivity index (χ4v) is 3.37. The predicted molar refractivity (Wildman–Crippen MR) is 107 cm³/mol. The molecule has 0 saturated carbocycles. The maximum Gasteiger partial charge on any atom is 0.327 e. The molecule has 2 aromatic rings. The summed E-state index contributed by atoms with van der Waals surface area (Å²) < 4.78 is 18.9. The lowest BCUT2D eigenvalue weighted by Crippen LogP contribution is -2.48. The zero-order valence-corrected chi connectivity index (χ0v) is 16.7. The van der Waals surface area contributed by atoms with E-state index < -0.39 is 35.9 Å². The molecule has 3 rings (SSSR count). The summed E-state index contributed by atoms with van der Waals surface area (Å²) in [6.07, 6.45) is 0. The van der Waals surface area contributed by atoms with Gasteiger partial charge in [-0.3, -0.25) is 4.79 Å². The standard InChI is InChI=1S/C22H23FN2O5/c1-13(2)19(21(27)28)25-20(26)18(24-22(25)29)12-30-11-14-6-8-15(9-7-14)16-4-3-5-17(23)10-16/h3-10,13,18-19H,11-12H2,1-2H3,(H,24,29)(H,27,28)/t18-,19+/m0/s1. The zero-order valence-electron chi connectivity index (χ0n) is 16.7. The largest absolute Gasteiger partial charge is 0.480 e. The number of nitrogens with one attached hydrogen (secondary N) is 1. The number of carbonyl (C=O) groups excluding carboxylic acids is 2. The molecule has 1 heterocycles. The number of amides is 3. The highest BCUT2D eigenvalue weighted by atomic mass is 19.1. The molecule has 2 aromatic carbocycles. The van der Waals surface area contributed by atoms with E-state index in [9.17, 15) is 23.9 Å². The Bertz CT molecular complexity index is 945. The summed E-state index contributed by atoms with van der Waals surface area (Å²) in [5, 5.41) is 11.8. The monoisotopic (exact) mass is 414 g/mol. The van der Waals surface area contributed by atoms with E-state index in [1.807, 2.05) is 30.3 Å². The van der Waals surface area contributed by atoms with Crippen molar-refractivity contribution in [3.8, 4) is 11.1 Å². The molecular weight excluding hydrogens is 391 g/mol. The molecule has 1 aliphatic rings. The molecule has 0 unspecified atom stereocenters. The summed E-state index contributed by atoms with van der Waals surface area (Å²) in [7, 11) is 0. The van der Waals surface area contributed by atoms with Crippen molar-refractivity contribution in [2.24, 2.45) is 5.92 Å². The molecule has 8 heteroatoms. The number of benzene rings is 2. The summed E-state index contributed by atoms with van der Waals surface area (Å²) in [6.45, 7) is 3.40. The molecule has 0 spiro atoms. The molecule has 1 fully saturated rings. The van der Waals surface area contributed by atoms with Crippen LogP contribution in [0.1, 0.15) is 19.4 Å². The highest BCUT2D eigenvalue weighted by Gasteiger charge is 2.45. The Balaban J connectivity index is 1.57. The van der Waals surface area contributed by atoms with Gasteiger partial charge in [-0.05, 0) is 34.7 Å². The van der Waals surface area contributed by atoms with Crippen molar-refractivity contribution in [1.29, 1.82) is 0 Å². The van der Waals surface area contributed by atoms with E-state index in [0.29, 0.717) is 0 Å². The molecule has 1 aliphatic heterocycles. The summed E-state index contributed by atoms with van der Waals surface area (Å²) in [5.41, 5.74) is 2.47. The first-order valence-corrected chi connectivity index (χ1v) is 9.57. The van der Waals surface area contributed by atoms with Crippen LogP contribution in [0.4, 0.5) is 9.18 Å². The lowest BCUT2D eigenvalue weighted by molar-refractivity contribution is -0.148. The summed E-state index contributed by atoms with van der Waals surface area (Å²) in [6, 6.07) is 10.8. The van der Waals surface area contributed by atoms with E-state index in [0.717, 1.165) is 21.6 Å². The van der Waals surface area contributed by atoms with Gasteiger partial charge in [-0.25, -0.2) is 18.9 Å². The quantitative estimate of drug-likeness (QED) is 0.648. The van der Waals surface area contributed by atoms with Crippen LogP contribution >= 0.6 is 0 Å². The molecule has 0 aromatic heterocycles. The lowest BCUT2D eigenvalue weighted by Gasteiger charge is -2.24. The van der Waals surface area contributed by atoms with Crippen molar-refractivity contribution >= 4 is 17.9 Å². The van der Waals surface area contributed by atoms with Gasteiger partial charge in [-0.1, -0.05) is 50.2 Å². The first-order chi connectivity index (χ1) is 14.3. The van der Waals surface area contributed by atoms with Gasteiger partial charge in [-0.15, -0.1) is 0 Å². The van der Waals surface area contributed by atoms with Crippen LogP contribution in [0.3, 0.4) is 0 Å². The minimum absolute atomic E-state index is 0.0723.